The summed E-state index contributed by atoms with van der Waals surface area (Å²) in [5.74, 6) is -0.495. The van der Waals surface area contributed by atoms with Crippen molar-refractivity contribution in [3.05, 3.63) is 101 Å². The largest absolute Gasteiger partial charge is 0.352 e. The van der Waals surface area contributed by atoms with Gasteiger partial charge in [-0.3, -0.25) is 14.6 Å². The summed E-state index contributed by atoms with van der Waals surface area (Å²) in [6.45, 7) is 1.94. The molecule has 1 aliphatic rings. The molecule has 0 unspecified atom stereocenters. The average molecular weight is 446 g/mol. The first-order valence-electron chi connectivity index (χ1n) is 10.5. The quantitative estimate of drug-likeness (QED) is 0.558. The Bertz CT molecular complexity index is 1110. The molecule has 5 nitrogen and oxygen atoms in total. The van der Waals surface area contributed by atoms with Crippen molar-refractivity contribution in [2.45, 2.75) is 31.8 Å². The summed E-state index contributed by atoms with van der Waals surface area (Å²) in [7, 11) is 0. The van der Waals surface area contributed by atoms with Crippen LogP contribution in [0.2, 0.25) is 5.02 Å². The van der Waals surface area contributed by atoms with Gasteiger partial charge >= 0.3 is 0 Å². The molecule has 0 spiro atoms. The second kappa shape index (κ2) is 9.79. The van der Waals surface area contributed by atoms with Crippen molar-refractivity contribution in [1.29, 1.82) is 0 Å². The SMILES string of the molecule is CC(=O)C1=NN(c2ccccc2)[C@H](CC(=O)NCc2ccc(Cl)cc2)[C@H]1c1ccccc1. The lowest BCUT2D eigenvalue weighted by Crippen LogP contribution is -2.38. The molecule has 1 N–H and O–H groups in total. The second-order valence-corrected chi connectivity index (χ2v) is 8.22. The molecule has 1 heterocycles. The fourth-order valence-electron chi connectivity index (χ4n) is 4.00. The van der Waals surface area contributed by atoms with Gasteiger partial charge in [0, 0.05) is 18.5 Å². The van der Waals surface area contributed by atoms with Crippen LogP contribution < -0.4 is 10.3 Å². The number of rotatable bonds is 7. The minimum Gasteiger partial charge on any atom is -0.352 e. The lowest BCUT2D eigenvalue weighted by Gasteiger charge is -2.28. The number of ketones is 1. The predicted molar refractivity (Wildman–Crippen MR) is 128 cm³/mol. The van der Waals surface area contributed by atoms with Gasteiger partial charge in [-0.15, -0.1) is 0 Å². The van der Waals surface area contributed by atoms with Gasteiger partial charge < -0.3 is 5.32 Å². The maximum Gasteiger partial charge on any atom is 0.222 e. The van der Waals surface area contributed by atoms with E-state index in [0.717, 1.165) is 16.8 Å². The maximum atomic E-state index is 13.0. The molecule has 0 aromatic heterocycles. The van der Waals surface area contributed by atoms with E-state index in [-0.39, 0.29) is 30.1 Å². The minimum atomic E-state index is -0.316. The van der Waals surface area contributed by atoms with E-state index in [2.05, 4.69) is 10.4 Å². The zero-order valence-corrected chi connectivity index (χ0v) is 18.5. The van der Waals surface area contributed by atoms with Crippen LogP contribution in [0.1, 0.15) is 30.4 Å². The van der Waals surface area contributed by atoms with E-state index in [1.165, 1.54) is 6.92 Å². The third-order valence-electron chi connectivity index (χ3n) is 5.55. The summed E-state index contributed by atoms with van der Waals surface area (Å²) < 4.78 is 0. The highest BCUT2D eigenvalue weighted by Crippen LogP contribution is 2.37. The Kier molecular flexibility index (Phi) is 6.66. The molecule has 0 saturated carbocycles. The van der Waals surface area contributed by atoms with E-state index in [1.807, 2.05) is 77.8 Å². The van der Waals surface area contributed by atoms with Crippen molar-refractivity contribution in [1.82, 2.24) is 5.32 Å². The highest BCUT2D eigenvalue weighted by Gasteiger charge is 2.41. The van der Waals surface area contributed by atoms with Crippen LogP contribution in [0.5, 0.6) is 0 Å². The third-order valence-corrected chi connectivity index (χ3v) is 5.80. The normalized spacial score (nSPS) is 17.7. The van der Waals surface area contributed by atoms with Crippen LogP contribution in [0.3, 0.4) is 0 Å². The molecular weight excluding hydrogens is 422 g/mol. The first-order chi connectivity index (χ1) is 15.5. The lowest BCUT2D eigenvalue weighted by molar-refractivity contribution is -0.121. The van der Waals surface area contributed by atoms with Gasteiger partial charge in [0.2, 0.25) is 5.91 Å². The molecule has 0 saturated heterocycles. The number of nitrogens with zero attached hydrogens (tertiary/aromatic N) is 2. The monoisotopic (exact) mass is 445 g/mol. The number of hydrogen-bond donors (Lipinski definition) is 1. The Morgan fingerprint density at radius 3 is 2.19 bits per heavy atom. The molecule has 0 radical (unpaired) electrons. The van der Waals surface area contributed by atoms with E-state index < -0.39 is 0 Å². The molecule has 3 aromatic rings. The number of nitrogens with one attached hydrogen (secondary N) is 1. The molecule has 162 valence electrons. The summed E-state index contributed by atoms with van der Waals surface area (Å²) in [6, 6.07) is 26.5. The average Bonchev–Trinajstić information content (AvgIpc) is 3.19. The van der Waals surface area contributed by atoms with Gasteiger partial charge in [0.1, 0.15) is 5.71 Å². The van der Waals surface area contributed by atoms with Crippen LogP contribution in [0, 0.1) is 0 Å². The Labute approximate surface area is 192 Å². The van der Waals surface area contributed by atoms with Crippen molar-refractivity contribution in [2.24, 2.45) is 5.10 Å². The lowest BCUT2D eigenvalue weighted by atomic mass is 9.84. The van der Waals surface area contributed by atoms with Crippen LogP contribution >= 0.6 is 11.6 Å². The number of halogens is 1. The number of hydrazone groups is 1. The molecular formula is C26H24ClN3O2. The Balaban J connectivity index is 1.60. The molecule has 0 fully saturated rings. The highest BCUT2D eigenvalue weighted by molar-refractivity contribution is 6.42. The number of amides is 1. The summed E-state index contributed by atoms with van der Waals surface area (Å²) >= 11 is 5.94. The third kappa shape index (κ3) is 4.89. The molecule has 0 aliphatic carbocycles. The predicted octanol–water partition coefficient (Wildman–Crippen LogP) is 4.96. The van der Waals surface area contributed by atoms with Crippen LogP contribution in [0.25, 0.3) is 0 Å². The first kappa shape index (κ1) is 21.8. The molecule has 3 aromatic carbocycles. The first-order valence-corrected chi connectivity index (χ1v) is 10.9. The summed E-state index contributed by atoms with van der Waals surface area (Å²) in [4.78, 5) is 25.5. The number of hydrogen-bond acceptors (Lipinski definition) is 4. The van der Waals surface area contributed by atoms with Crippen molar-refractivity contribution >= 4 is 34.7 Å². The van der Waals surface area contributed by atoms with Gasteiger partial charge in [-0.1, -0.05) is 72.3 Å². The van der Waals surface area contributed by atoms with Crippen LogP contribution in [0.4, 0.5) is 5.69 Å². The van der Waals surface area contributed by atoms with Crippen molar-refractivity contribution in [3.8, 4) is 0 Å². The molecule has 2 atom stereocenters. The standard InChI is InChI=1S/C26H24ClN3O2/c1-18(31)26-25(20-8-4-2-5-9-20)23(30(29-26)22-10-6-3-7-11-22)16-24(32)28-17-19-12-14-21(27)15-13-19/h2-15,23,25H,16-17H2,1H3,(H,28,32)/t23-,25-/m1/s1. The Morgan fingerprint density at radius 2 is 1.56 bits per heavy atom. The fourth-order valence-corrected chi connectivity index (χ4v) is 4.13. The minimum absolute atomic E-state index is 0.0937. The van der Waals surface area contributed by atoms with Gasteiger partial charge in [0.15, 0.2) is 5.78 Å². The van der Waals surface area contributed by atoms with Crippen molar-refractivity contribution in [2.75, 3.05) is 5.01 Å². The number of para-hydroxylation sites is 1. The van der Waals surface area contributed by atoms with E-state index in [0.29, 0.717) is 17.3 Å². The van der Waals surface area contributed by atoms with Gasteiger partial charge in [-0.05, 0) is 35.4 Å². The van der Waals surface area contributed by atoms with Crippen molar-refractivity contribution in [3.63, 3.8) is 0 Å². The fraction of sp³-hybridized carbons (Fsp3) is 0.192. The topological polar surface area (TPSA) is 61.8 Å². The number of Topliss-reactive ketones (excluding diaryl/α,β-unsaturated/α-hetero) is 1. The van der Waals surface area contributed by atoms with Crippen LogP contribution in [-0.4, -0.2) is 23.4 Å². The summed E-state index contributed by atoms with van der Waals surface area (Å²) in [5, 5.41) is 10.1. The van der Waals surface area contributed by atoms with E-state index in [4.69, 9.17) is 11.6 Å². The van der Waals surface area contributed by atoms with Gasteiger partial charge in [-0.25, -0.2) is 0 Å². The highest BCUT2D eigenvalue weighted by atomic mass is 35.5. The smallest absolute Gasteiger partial charge is 0.222 e. The number of carbonyl (C=O) groups excluding carboxylic acids is 2. The number of carbonyl (C=O) groups is 2. The van der Waals surface area contributed by atoms with Gasteiger partial charge in [0.05, 0.1) is 24.1 Å². The van der Waals surface area contributed by atoms with Gasteiger partial charge in [-0.2, -0.15) is 5.10 Å². The zero-order valence-electron chi connectivity index (χ0n) is 17.7. The number of benzene rings is 3. The molecule has 32 heavy (non-hydrogen) atoms. The number of anilines is 1. The molecule has 4 rings (SSSR count). The van der Waals surface area contributed by atoms with Crippen molar-refractivity contribution < 1.29 is 9.59 Å². The molecule has 6 heteroatoms. The Hall–Kier alpha value is -3.44. The summed E-state index contributed by atoms with van der Waals surface area (Å²) in [5.41, 5.74) is 3.25. The van der Waals surface area contributed by atoms with Crippen LogP contribution in [-0.2, 0) is 16.1 Å². The van der Waals surface area contributed by atoms with E-state index >= 15 is 0 Å². The van der Waals surface area contributed by atoms with E-state index in [1.54, 1.807) is 12.1 Å². The molecule has 0 bridgehead atoms. The van der Waals surface area contributed by atoms with Crippen LogP contribution in [0.15, 0.2) is 90.0 Å². The maximum absolute atomic E-state index is 13.0. The molecule has 1 amide bonds. The zero-order chi connectivity index (χ0) is 22.5. The second-order valence-electron chi connectivity index (χ2n) is 7.78. The van der Waals surface area contributed by atoms with E-state index in [9.17, 15) is 9.59 Å². The molecule has 1 aliphatic heterocycles. The van der Waals surface area contributed by atoms with Gasteiger partial charge in [0.25, 0.3) is 0 Å². The summed E-state index contributed by atoms with van der Waals surface area (Å²) in [6.07, 6.45) is 0.197. The Morgan fingerprint density at radius 1 is 0.938 bits per heavy atom.